The third-order valence-electron chi connectivity index (χ3n) is 4.84. The molecule has 0 saturated heterocycles. The first-order valence-electron chi connectivity index (χ1n) is 9.23. The molecule has 0 aliphatic carbocycles. The van der Waals surface area contributed by atoms with Gasteiger partial charge in [0.25, 0.3) is 21.8 Å². The van der Waals surface area contributed by atoms with Gasteiger partial charge >= 0.3 is 0 Å². The van der Waals surface area contributed by atoms with Gasteiger partial charge in [-0.25, -0.2) is 13.9 Å². The molecule has 1 aliphatic rings. The van der Waals surface area contributed by atoms with Crippen LogP contribution in [0.1, 0.15) is 29.8 Å². The van der Waals surface area contributed by atoms with Crippen molar-refractivity contribution in [3.63, 3.8) is 0 Å². The fourth-order valence-electron chi connectivity index (χ4n) is 3.34. The number of anilines is 2. The van der Waals surface area contributed by atoms with E-state index in [9.17, 15) is 18.0 Å². The number of carbonyl (C=O) groups is 2. The summed E-state index contributed by atoms with van der Waals surface area (Å²) in [4.78, 5) is 26.4. The topological polar surface area (TPSA) is 119 Å². The van der Waals surface area contributed by atoms with E-state index in [-0.39, 0.29) is 22.6 Å². The second-order valence-electron chi connectivity index (χ2n) is 7.53. The molecular formula is C19H24N4O5S2. The van der Waals surface area contributed by atoms with Crippen LogP contribution in [0.25, 0.3) is 0 Å². The number of thiophene rings is 1. The molecule has 3 rings (SSSR count). The lowest BCUT2D eigenvalue weighted by Crippen LogP contribution is -2.49. The van der Waals surface area contributed by atoms with E-state index in [1.165, 1.54) is 0 Å². The van der Waals surface area contributed by atoms with Crippen molar-refractivity contribution < 1.29 is 23.2 Å². The molecule has 1 atom stereocenters. The Labute approximate surface area is 179 Å². The maximum Gasteiger partial charge on any atom is 0.262 e. The van der Waals surface area contributed by atoms with Crippen molar-refractivity contribution in [2.24, 2.45) is 5.92 Å². The number of carbonyl (C=O) groups excluding carboxylic acids is 2. The van der Waals surface area contributed by atoms with Crippen molar-refractivity contribution >= 4 is 43.9 Å². The maximum atomic E-state index is 13.0. The number of nitrogens with one attached hydrogen (secondary N) is 2. The summed E-state index contributed by atoms with van der Waals surface area (Å²) in [5, 5.41) is 12.1. The largest absolute Gasteiger partial charge is 0.378 e. The van der Waals surface area contributed by atoms with Crippen molar-refractivity contribution in [2.75, 3.05) is 24.3 Å². The van der Waals surface area contributed by atoms with Crippen LogP contribution in [0.15, 0.2) is 34.5 Å². The Morgan fingerprint density at radius 1 is 1.20 bits per heavy atom. The Morgan fingerprint density at radius 3 is 2.33 bits per heavy atom. The van der Waals surface area contributed by atoms with Crippen LogP contribution in [0.4, 0.5) is 10.7 Å². The van der Waals surface area contributed by atoms with Crippen molar-refractivity contribution in [1.29, 1.82) is 0 Å². The third kappa shape index (κ3) is 4.06. The highest BCUT2D eigenvalue weighted by molar-refractivity contribution is 7.91. The number of amides is 2. The van der Waals surface area contributed by atoms with Gasteiger partial charge in [-0.05, 0) is 36.2 Å². The molecule has 2 aromatic rings. The van der Waals surface area contributed by atoms with E-state index in [4.69, 9.17) is 5.21 Å². The number of benzene rings is 1. The summed E-state index contributed by atoms with van der Waals surface area (Å²) in [6, 6.07) is 7.62. The van der Waals surface area contributed by atoms with Gasteiger partial charge in [-0.15, -0.1) is 11.3 Å². The summed E-state index contributed by atoms with van der Waals surface area (Å²) in [5.41, 5.74) is 3.47. The summed E-state index contributed by atoms with van der Waals surface area (Å²) in [5.74, 6) is -1.46. The molecule has 2 heterocycles. The highest BCUT2D eigenvalue weighted by Gasteiger charge is 2.45. The van der Waals surface area contributed by atoms with Crippen molar-refractivity contribution in [2.45, 2.75) is 30.6 Å². The molecule has 0 spiro atoms. The molecule has 2 amide bonds. The van der Waals surface area contributed by atoms with Gasteiger partial charge in [-0.1, -0.05) is 13.8 Å². The lowest BCUT2D eigenvalue weighted by atomic mass is 10.0. The molecule has 9 nitrogen and oxygen atoms in total. The average molecular weight is 453 g/mol. The number of sulfonamides is 1. The number of rotatable bonds is 6. The molecule has 1 aliphatic heterocycles. The fraction of sp³-hybridized carbons (Fsp3) is 0.368. The lowest BCUT2D eigenvalue weighted by Gasteiger charge is -2.27. The number of nitrogens with zero attached hydrogens (tertiary/aromatic N) is 2. The van der Waals surface area contributed by atoms with Crippen LogP contribution >= 0.6 is 11.3 Å². The molecule has 0 saturated carbocycles. The van der Waals surface area contributed by atoms with Gasteiger partial charge in [0.2, 0.25) is 0 Å². The standard InChI is InChI=1S/C19H24N4O5S2/c1-11(2)16(18(25)21-26)23-10-13-9-15(29-19(13)30(23,27)28)20-17(24)12-5-7-14(8-6-12)22(3)4/h5-9,11,16,26H,10H2,1-4H3,(H,20,24)(H,21,25). The zero-order valence-electron chi connectivity index (χ0n) is 17.0. The molecule has 11 heteroatoms. The van der Waals surface area contributed by atoms with Gasteiger partial charge in [0.1, 0.15) is 10.3 Å². The van der Waals surface area contributed by atoms with E-state index in [2.05, 4.69) is 5.32 Å². The third-order valence-corrected chi connectivity index (χ3v) is 8.32. The van der Waals surface area contributed by atoms with Crippen LogP contribution in [0.3, 0.4) is 0 Å². The van der Waals surface area contributed by atoms with Crippen LogP contribution in [0.2, 0.25) is 0 Å². The molecule has 3 N–H and O–H groups in total. The van der Waals surface area contributed by atoms with Gasteiger partial charge in [-0.3, -0.25) is 14.8 Å². The molecule has 1 unspecified atom stereocenters. The SMILES string of the molecule is CC(C)C(C(=O)NO)N1Cc2cc(NC(=O)c3ccc(N(C)C)cc3)sc2S1(=O)=O. The van der Waals surface area contributed by atoms with Crippen LogP contribution in [-0.2, 0) is 21.4 Å². The highest BCUT2D eigenvalue weighted by atomic mass is 32.2. The lowest BCUT2D eigenvalue weighted by molar-refractivity contribution is -0.134. The average Bonchev–Trinajstić information content (AvgIpc) is 3.19. The number of hydrogen-bond donors (Lipinski definition) is 3. The second kappa shape index (κ2) is 8.34. The predicted octanol–water partition coefficient (Wildman–Crippen LogP) is 2.10. The van der Waals surface area contributed by atoms with E-state index in [1.807, 2.05) is 31.1 Å². The minimum absolute atomic E-state index is 0.00215. The Kier molecular flexibility index (Phi) is 6.18. The van der Waals surface area contributed by atoms with Gasteiger partial charge in [-0.2, -0.15) is 4.31 Å². The number of fused-ring (bicyclic) bond motifs is 1. The fourth-order valence-corrected chi connectivity index (χ4v) is 6.73. The monoisotopic (exact) mass is 452 g/mol. The summed E-state index contributed by atoms with van der Waals surface area (Å²) < 4.78 is 27.1. The van der Waals surface area contributed by atoms with Gasteiger partial charge < -0.3 is 10.2 Å². The second-order valence-corrected chi connectivity index (χ2v) is 10.7. The molecule has 1 aromatic heterocycles. The van der Waals surface area contributed by atoms with Gasteiger partial charge in [0.15, 0.2) is 0 Å². The summed E-state index contributed by atoms with van der Waals surface area (Å²) in [7, 11) is -0.112. The first kappa shape index (κ1) is 22.2. The smallest absolute Gasteiger partial charge is 0.262 e. The van der Waals surface area contributed by atoms with Crippen LogP contribution in [0.5, 0.6) is 0 Å². The van der Waals surface area contributed by atoms with E-state index in [0.29, 0.717) is 16.1 Å². The zero-order chi connectivity index (χ0) is 22.2. The molecule has 162 valence electrons. The van der Waals surface area contributed by atoms with E-state index < -0.39 is 22.0 Å². The zero-order valence-corrected chi connectivity index (χ0v) is 18.7. The first-order chi connectivity index (χ1) is 14.1. The number of hydrogen-bond acceptors (Lipinski definition) is 7. The van der Waals surface area contributed by atoms with Crippen molar-refractivity contribution in [3.05, 3.63) is 41.5 Å². The van der Waals surface area contributed by atoms with E-state index in [1.54, 1.807) is 37.5 Å². The van der Waals surface area contributed by atoms with Crippen molar-refractivity contribution in [1.82, 2.24) is 9.79 Å². The predicted molar refractivity (Wildman–Crippen MR) is 114 cm³/mol. The van der Waals surface area contributed by atoms with Crippen LogP contribution in [-0.4, -0.2) is 49.9 Å². The highest BCUT2D eigenvalue weighted by Crippen LogP contribution is 2.41. The molecule has 0 radical (unpaired) electrons. The first-order valence-corrected chi connectivity index (χ1v) is 11.5. The Bertz CT molecular complexity index is 1060. The Morgan fingerprint density at radius 2 is 1.83 bits per heavy atom. The Hall–Kier alpha value is -2.47. The molecule has 1 aromatic carbocycles. The van der Waals surface area contributed by atoms with Gasteiger partial charge in [0.05, 0.1) is 5.00 Å². The van der Waals surface area contributed by atoms with Crippen molar-refractivity contribution in [3.8, 4) is 0 Å². The molecule has 30 heavy (non-hydrogen) atoms. The quantitative estimate of drug-likeness (QED) is 0.456. The minimum Gasteiger partial charge on any atom is -0.378 e. The minimum atomic E-state index is -3.92. The van der Waals surface area contributed by atoms with E-state index in [0.717, 1.165) is 21.3 Å². The molecule has 0 bridgehead atoms. The summed E-state index contributed by atoms with van der Waals surface area (Å²) >= 11 is 0.948. The Balaban J connectivity index is 1.80. The summed E-state index contributed by atoms with van der Waals surface area (Å²) in [6.45, 7) is 3.40. The van der Waals surface area contributed by atoms with Crippen LogP contribution in [0, 0.1) is 5.92 Å². The van der Waals surface area contributed by atoms with E-state index >= 15 is 0 Å². The normalized spacial score (nSPS) is 16.2. The maximum absolute atomic E-state index is 13.0. The van der Waals surface area contributed by atoms with Crippen LogP contribution < -0.4 is 15.7 Å². The molecule has 0 fully saturated rings. The molecular weight excluding hydrogens is 428 g/mol. The van der Waals surface area contributed by atoms with Gasteiger partial charge in [0, 0.05) is 37.5 Å². The summed E-state index contributed by atoms with van der Waals surface area (Å²) in [6.07, 6.45) is 0. The number of hydroxylamine groups is 1.